The molecule has 132 valence electrons. The fraction of sp³-hybridized carbons (Fsp3) is 0.368. The van der Waals surface area contributed by atoms with Crippen LogP contribution in [0.5, 0.6) is 11.5 Å². The van der Waals surface area contributed by atoms with Crippen molar-refractivity contribution in [3.8, 4) is 11.5 Å². The lowest BCUT2D eigenvalue weighted by molar-refractivity contribution is -0.0824. The third-order valence-electron chi connectivity index (χ3n) is 3.92. The molecule has 0 unspecified atom stereocenters. The predicted molar refractivity (Wildman–Crippen MR) is 94.5 cm³/mol. The second-order valence-electron chi connectivity index (χ2n) is 5.50. The monoisotopic (exact) mass is 347 g/mol. The van der Waals surface area contributed by atoms with Crippen molar-refractivity contribution in [2.75, 3.05) is 26.3 Å². The third kappa shape index (κ3) is 4.28. The van der Waals surface area contributed by atoms with E-state index in [4.69, 9.17) is 21.1 Å². The van der Waals surface area contributed by atoms with E-state index < -0.39 is 25.6 Å². The fourth-order valence-corrected chi connectivity index (χ4v) is 2.74. The molecular weight excluding hydrogens is 320 g/mol. The molecule has 25 heavy (non-hydrogen) atoms. The van der Waals surface area contributed by atoms with Gasteiger partial charge in [-0.2, -0.15) is 0 Å². The van der Waals surface area contributed by atoms with Gasteiger partial charge in [0.15, 0.2) is 17.6 Å². The zero-order valence-electron chi connectivity index (χ0n) is 18.5. The molecule has 1 aliphatic heterocycles. The normalized spacial score (nSPS) is 22.5. The van der Waals surface area contributed by atoms with Gasteiger partial charge in [-0.15, -0.1) is 4.91 Å². The molecule has 6 heteroatoms. The molecule has 6 nitrogen and oxygen atoms in total. The Morgan fingerprint density at radius 2 is 2.04 bits per heavy atom. The average molecular weight is 347 g/mol. The Labute approximate surface area is 154 Å². The highest BCUT2D eigenvalue weighted by Crippen LogP contribution is 2.34. The van der Waals surface area contributed by atoms with Crippen LogP contribution in [-0.2, 0) is 4.74 Å². The molecule has 0 saturated carbocycles. The predicted octanol–water partition coefficient (Wildman–Crippen LogP) is 3.59. The second-order valence-corrected chi connectivity index (χ2v) is 5.50. The van der Waals surface area contributed by atoms with E-state index in [-0.39, 0.29) is 18.0 Å². The molecule has 2 atom stereocenters. The maximum absolute atomic E-state index is 11.0. The number of rotatable bonds is 7. The number of hydrogen-bond donors (Lipinski definition) is 0. The van der Waals surface area contributed by atoms with Gasteiger partial charge in [-0.05, 0) is 24.5 Å². The van der Waals surface area contributed by atoms with Gasteiger partial charge >= 0.3 is 0 Å². The average Bonchev–Trinajstić information content (AvgIpc) is 2.72. The van der Waals surface area contributed by atoms with E-state index in [2.05, 4.69) is 5.29 Å². The maximum Gasteiger partial charge on any atom is 0.162 e. The standard InChI is InChI=1S/C19H22N2O4/c1-2-23-16-10-6-7-11-17(16)25-19(15-8-4-3-5-9-15)18-14-21(20-22)12-13-24-18/h3-11,18-19H,2,12-14H2,1H3/t18-,19-/m1/s1/i1D3,2D2. The van der Waals surface area contributed by atoms with Crippen molar-refractivity contribution < 1.29 is 21.1 Å². The first-order valence-corrected chi connectivity index (χ1v) is 7.91. The van der Waals surface area contributed by atoms with Gasteiger partial charge in [0.2, 0.25) is 0 Å². The van der Waals surface area contributed by atoms with Crippen LogP contribution >= 0.6 is 0 Å². The van der Waals surface area contributed by atoms with E-state index in [0.717, 1.165) is 5.56 Å². The number of nitroso groups, excluding NO2 is 1. The molecule has 0 radical (unpaired) electrons. The number of morpholine rings is 1. The molecule has 0 amide bonds. The minimum atomic E-state index is -2.98. The van der Waals surface area contributed by atoms with Gasteiger partial charge in [0.1, 0.15) is 6.10 Å². The van der Waals surface area contributed by atoms with Gasteiger partial charge in [-0.3, -0.25) is 5.01 Å². The summed E-state index contributed by atoms with van der Waals surface area (Å²) in [6.07, 6.45) is -1.20. The zero-order valence-corrected chi connectivity index (χ0v) is 13.5. The molecule has 0 N–H and O–H groups in total. The summed E-state index contributed by atoms with van der Waals surface area (Å²) < 4.78 is 54.8. The summed E-state index contributed by atoms with van der Waals surface area (Å²) in [6, 6.07) is 15.4. The van der Waals surface area contributed by atoms with Crippen molar-refractivity contribution in [1.29, 1.82) is 0 Å². The molecular formula is C19H22N2O4. The van der Waals surface area contributed by atoms with Crippen LogP contribution in [-0.4, -0.2) is 37.4 Å². The van der Waals surface area contributed by atoms with Gasteiger partial charge < -0.3 is 14.2 Å². The van der Waals surface area contributed by atoms with E-state index >= 15 is 0 Å². The Morgan fingerprint density at radius 3 is 2.80 bits per heavy atom. The summed E-state index contributed by atoms with van der Waals surface area (Å²) in [5, 5.41) is 4.34. The SMILES string of the molecule is [2H]C([2H])([2H])C([2H])([2H])Oc1ccccc1O[C@H](c1ccccc1)[C@H]1CN(N=O)CCO1. The summed E-state index contributed by atoms with van der Waals surface area (Å²) in [6.45, 7) is -5.01. The Hall–Kier alpha value is -2.60. The maximum atomic E-state index is 11.0. The van der Waals surface area contributed by atoms with Crippen molar-refractivity contribution >= 4 is 0 Å². The van der Waals surface area contributed by atoms with Gasteiger partial charge in [-0.25, -0.2) is 0 Å². The zero-order chi connectivity index (χ0) is 21.8. The Balaban J connectivity index is 1.91. The molecule has 1 heterocycles. The van der Waals surface area contributed by atoms with Crippen LogP contribution < -0.4 is 9.47 Å². The summed E-state index contributed by atoms with van der Waals surface area (Å²) >= 11 is 0. The van der Waals surface area contributed by atoms with Crippen LogP contribution in [0.1, 0.15) is 25.4 Å². The molecule has 2 aromatic carbocycles. The van der Waals surface area contributed by atoms with Gasteiger partial charge in [-0.1, -0.05) is 42.5 Å². The van der Waals surface area contributed by atoms with E-state index in [1.54, 1.807) is 18.2 Å². The number of hydrogen-bond acceptors (Lipinski definition) is 5. The van der Waals surface area contributed by atoms with Crippen LogP contribution in [0.2, 0.25) is 0 Å². The van der Waals surface area contributed by atoms with Crippen molar-refractivity contribution in [2.45, 2.75) is 19.1 Å². The van der Waals surface area contributed by atoms with Crippen LogP contribution in [0.3, 0.4) is 0 Å². The van der Waals surface area contributed by atoms with Gasteiger partial charge in [0, 0.05) is 4.11 Å². The molecule has 1 fully saturated rings. The third-order valence-corrected chi connectivity index (χ3v) is 3.92. The van der Waals surface area contributed by atoms with Crippen molar-refractivity contribution in [3.05, 3.63) is 65.1 Å². The number of nitrogens with zero attached hydrogens (tertiary/aromatic N) is 2. The highest BCUT2D eigenvalue weighted by molar-refractivity contribution is 5.40. The van der Waals surface area contributed by atoms with E-state index in [9.17, 15) is 4.91 Å². The van der Waals surface area contributed by atoms with Crippen molar-refractivity contribution in [3.63, 3.8) is 0 Å². The molecule has 1 aliphatic rings. The largest absolute Gasteiger partial charge is 0.490 e. The van der Waals surface area contributed by atoms with Crippen molar-refractivity contribution in [1.82, 2.24) is 5.01 Å². The lowest BCUT2D eigenvalue weighted by atomic mass is 10.0. The highest BCUT2D eigenvalue weighted by Gasteiger charge is 2.32. The van der Waals surface area contributed by atoms with E-state index in [1.807, 2.05) is 30.3 Å². The molecule has 0 aromatic heterocycles. The molecule has 0 aliphatic carbocycles. The summed E-state index contributed by atoms with van der Waals surface area (Å²) in [7, 11) is 0. The van der Waals surface area contributed by atoms with Crippen LogP contribution in [0, 0.1) is 4.91 Å². The Morgan fingerprint density at radius 1 is 1.28 bits per heavy atom. The number of ether oxygens (including phenoxy) is 3. The number of benzene rings is 2. The topological polar surface area (TPSA) is 60.4 Å². The molecule has 0 bridgehead atoms. The number of para-hydroxylation sites is 2. The first-order chi connectivity index (χ1) is 14.2. The molecule has 3 rings (SSSR count). The molecule has 0 spiro atoms. The molecule has 1 saturated heterocycles. The summed E-state index contributed by atoms with van der Waals surface area (Å²) in [5.41, 5.74) is 0.767. The quantitative estimate of drug-likeness (QED) is 0.716. The second kappa shape index (κ2) is 8.48. The summed E-state index contributed by atoms with van der Waals surface area (Å²) in [4.78, 5) is 11.0. The minimum Gasteiger partial charge on any atom is -0.490 e. The lowest BCUT2D eigenvalue weighted by Gasteiger charge is -2.34. The van der Waals surface area contributed by atoms with E-state index in [1.165, 1.54) is 11.1 Å². The molecule has 2 aromatic rings. The smallest absolute Gasteiger partial charge is 0.162 e. The minimum absolute atomic E-state index is 0.0549. The Kier molecular flexibility index (Phi) is 4.03. The first kappa shape index (κ1) is 11.9. The van der Waals surface area contributed by atoms with Crippen molar-refractivity contribution in [2.24, 2.45) is 5.29 Å². The van der Waals surface area contributed by atoms with Gasteiger partial charge in [0.25, 0.3) is 0 Å². The van der Waals surface area contributed by atoms with Gasteiger partial charge in [0.05, 0.1) is 34.3 Å². The van der Waals surface area contributed by atoms with Crippen LogP contribution in [0.25, 0.3) is 0 Å². The Bertz CT molecular complexity index is 850. The lowest BCUT2D eigenvalue weighted by Crippen LogP contribution is -2.43. The first-order valence-electron chi connectivity index (χ1n) is 10.4. The fourth-order valence-electron chi connectivity index (χ4n) is 2.74. The highest BCUT2D eigenvalue weighted by atomic mass is 16.6. The van der Waals surface area contributed by atoms with E-state index in [0.29, 0.717) is 13.2 Å². The van der Waals surface area contributed by atoms with Crippen LogP contribution in [0.15, 0.2) is 59.9 Å². The van der Waals surface area contributed by atoms with Crippen LogP contribution in [0.4, 0.5) is 0 Å². The summed E-state index contributed by atoms with van der Waals surface area (Å²) in [5.74, 6) is 0.0972.